The van der Waals surface area contributed by atoms with Crippen LogP contribution >= 0.6 is 12.4 Å². The van der Waals surface area contributed by atoms with Gasteiger partial charge in [0.1, 0.15) is 0 Å². The van der Waals surface area contributed by atoms with Crippen LogP contribution in [0.3, 0.4) is 0 Å². The molecular formula is C7H16ClNO. The van der Waals surface area contributed by atoms with Crippen LogP contribution in [0.1, 0.15) is 19.8 Å². The minimum Gasteiger partial charge on any atom is -0.396 e. The van der Waals surface area contributed by atoms with Gasteiger partial charge in [-0.3, -0.25) is 0 Å². The van der Waals surface area contributed by atoms with Crippen molar-refractivity contribution >= 4 is 12.4 Å². The van der Waals surface area contributed by atoms with Gasteiger partial charge in [0, 0.05) is 18.6 Å². The monoisotopic (exact) mass is 165 g/mol. The van der Waals surface area contributed by atoms with Crippen LogP contribution in [0.5, 0.6) is 0 Å². The van der Waals surface area contributed by atoms with Crippen LogP contribution in [0, 0.1) is 5.41 Å². The smallest absolute Gasteiger partial charge is 0.0496 e. The third kappa shape index (κ3) is 2.45. The molecule has 0 aliphatic carbocycles. The average molecular weight is 166 g/mol. The normalized spacial score (nSPS) is 33.0. The molecule has 1 fully saturated rings. The third-order valence-electron chi connectivity index (χ3n) is 2.07. The second-order valence-electron chi connectivity index (χ2n) is 3.25. The van der Waals surface area contributed by atoms with E-state index in [1.807, 2.05) is 0 Å². The Morgan fingerprint density at radius 2 is 2.30 bits per heavy atom. The highest BCUT2D eigenvalue weighted by molar-refractivity contribution is 5.85. The molecule has 1 unspecified atom stereocenters. The Hall–Kier alpha value is 0.210. The summed E-state index contributed by atoms with van der Waals surface area (Å²) in [6.07, 6.45) is 2.37. The van der Waals surface area contributed by atoms with Gasteiger partial charge in [0.25, 0.3) is 0 Å². The van der Waals surface area contributed by atoms with E-state index in [2.05, 4.69) is 12.2 Å². The van der Waals surface area contributed by atoms with E-state index in [0.717, 1.165) is 19.5 Å². The maximum Gasteiger partial charge on any atom is 0.0496 e. The van der Waals surface area contributed by atoms with Crippen molar-refractivity contribution in [1.82, 2.24) is 5.32 Å². The highest BCUT2D eigenvalue weighted by Gasteiger charge is 2.24. The Morgan fingerprint density at radius 1 is 1.60 bits per heavy atom. The third-order valence-corrected chi connectivity index (χ3v) is 2.07. The maximum absolute atomic E-state index is 8.91. The molecule has 0 aromatic carbocycles. The van der Waals surface area contributed by atoms with Crippen LogP contribution in [0.15, 0.2) is 0 Å². The van der Waals surface area contributed by atoms with Gasteiger partial charge >= 0.3 is 0 Å². The zero-order chi connectivity index (χ0) is 6.74. The molecule has 1 saturated heterocycles. The summed E-state index contributed by atoms with van der Waals surface area (Å²) in [6.45, 7) is 4.54. The van der Waals surface area contributed by atoms with Gasteiger partial charge in [-0.1, -0.05) is 6.92 Å². The van der Waals surface area contributed by atoms with Crippen LogP contribution in [0.25, 0.3) is 0 Å². The number of nitrogens with one attached hydrogen (secondary N) is 1. The van der Waals surface area contributed by atoms with Crippen LogP contribution in [0.4, 0.5) is 0 Å². The Labute approximate surface area is 68.4 Å². The molecule has 1 aliphatic heterocycles. The first-order valence-corrected chi connectivity index (χ1v) is 3.58. The second kappa shape index (κ2) is 4.16. The molecule has 2 nitrogen and oxygen atoms in total. The average Bonchev–Trinajstić information content (AvgIpc) is 1.90. The number of piperidine rings is 1. The van der Waals surface area contributed by atoms with E-state index >= 15 is 0 Å². The molecule has 0 aromatic rings. The van der Waals surface area contributed by atoms with E-state index in [1.54, 1.807) is 0 Å². The number of hydrogen-bond acceptors (Lipinski definition) is 2. The van der Waals surface area contributed by atoms with Crippen molar-refractivity contribution in [2.45, 2.75) is 19.8 Å². The van der Waals surface area contributed by atoms with Gasteiger partial charge in [-0.2, -0.15) is 0 Å². The van der Waals surface area contributed by atoms with Gasteiger partial charge in [0.05, 0.1) is 0 Å². The topological polar surface area (TPSA) is 32.3 Å². The van der Waals surface area contributed by atoms with Crippen molar-refractivity contribution in [3.05, 3.63) is 0 Å². The fourth-order valence-corrected chi connectivity index (χ4v) is 1.25. The highest BCUT2D eigenvalue weighted by atomic mass is 35.5. The van der Waals surface area contributed by atoms with Crippen LogP contribution in [-0.4, -0.2) is 24.8 Å². The van der Waals surface area contributed by atoms with Gasteiger partial charge in [0.15, 0.2) is 0 Å². The first-order valence-electron chi connectivity index (χ1n) is 3.58. The summed E-state index contributed by atoms with van der Waals surface area (Å²) in [5.74, 6) is 0. The molecule has 1 rings (SSSR count). The number of halogens is 1. The Kier molecular flexibility index (Phi) is 4.25. The lowest BCUT2D eigenvalue weighted by Gasteiger charge is -2.31. The SMILES string of the molecule is CC1(CO)CCCNC1.Cl. The van der Waals surface area contributed by atoms with E-state index in [-0.39, 0.29) is 17.8 Å². The molecule has 62 valence electrons. The number of hydrogen-bond donors (Lipinski definition) is 2. The summed E-state index contributed by atoms with van der Waals surface area (Å²) >= 11 is 0. The van der Waals surface area contributed by atoms with E-state index < -0.39 is 0 Å². The Bertz CT molecular complexity index is 91.6. The van der Waals surface area contributed by atoms with Crippen molar-refractivity contribution in [1.29, 1.82) is 0 Å². The summed E-state index contributed by atoms with van der Waals surface area (Å²) < 4.78 is 0. The lowest BCUT2D eigenvalue weighted by Crippen LogP contribution is -2.40. The number of aliphatic hydroxyl groups is 1. The minimum absolute atomic E-state index is 0. The summed E-state index contributed by atoms with van der Waals surface area (Å²) in [4.78, 5) is 0. The molecule has 0 bridgehead atoms. The lowest BCUT2D eigenvalue weighted by molar-refractivity contribution is 0.113. The molecule has 0 saturated carbocycles. The van der Waals surface area contributed by atoms with E-state index in [1.165, 1.54) is 6.42 Å². The van der Waals surface area contributed by atoms with Gasteiger partial charge in [0.2, 0.25) is 0 Å². The van der Waals surface area contributed by atoms with E-state index in [9.17, 15) is 0 Å². The van der Waals surface area contributed by atoms with Gasteiger partial charge in [-0.05, 0) is 19.4 Å². The quantitative estimate of drug-likeness (QED) is 0.602. The summed E-state index contributed by atoms with van der Waals surface area (Å²) in [5.41, 5.74) is 0.165. The summed E-state index contributed by atoms with van der Waals surface area (Å²) in [5, 5.41) is 12.2. The molecule has 0 amide bonds. The largest absolute Gasteiger partial charge is 0.396 e. The van der Waals surface area contributed by atoms with Crippen LogP contribution < -0.4 is 5.32 Å². The fraction of sp³-hybridized carbons (Fsp3) is 1.00. The maximum atomic E-state index is 8.91. The predicted octanol–water partition coefficient (Wildman–Crippen LogP) is 0.790. The van der Waals surface area contributed by atoms with Gasteiger partial charge < -0.3 is 10.4 Å². The zero-order valence-corrected chi connectivity index (χ0v) is 7.21. The second-order valence-corrected chi connectivity index (χ2v) is 3.25. The van der Waals surface area contributed by atoms with Crippen molar-refractivity contribution in [2.75, 3.05) is 19.7 Å². The van der Waals surface area contributed by atoms with Crippen LogP contribution in [-0.2, 0) is 0 Å². The minimum atomic E-state index is 0. The number of aliphatic hydroxyl groups excluding tert-OH is 1. The summed E-state index contributed by atoms with van der Waals surface area (Å²) in [6, 6.07) is 0. The summed E-state index contributed by atoms with van der Waals surface area (Å²) in [7, 11) is 0. The molecule has 0 radical (unpaired) electrons. The lowest BCUT2D eigenvalue weighted by atomic mass is 9.84. The van der Waals surface area contributed by atoms with Crippen molar-refractivity contribution in [2.24, 2.45) is 5.41 Å². The molecule has 1 aliphatic rings. The fourth-order valence-electron chi connectivity index (χ4n) is 1.25. The van der Waals surface area contributed by atoms with Gasteiger partial charge in [-0.25, -0.2) is 0 Å². The first kappa shape index (κ1) is 10.2. The Balaban J connectivity index is 0.000000810. The molecule has 3 heteroatoms. The van der Waals surface area contributed by atoms with Crippen molar-refractivity contribution in [3.8, 4) is 0 Å². The molecule has 0 aromatic heterocycles. The predicted molar refractivity (Wildman–Crippen MR) is 44.5 cm³/mol. The number of rotatable bonds is 1. The van der Waals surface area contributed by atoms with Crippen molar-refractivity contribution < 1.29 is 5.11 Å². The molecule has 1 atom stereocenters. The molecule has 0 spiro atoms. The first-order chi connectivity index (χ1) is 4.27. The van der Waals surface area contributed by atoms with E-state index in [0.29, 0.717) is 6.61 Å². The van der Waals surface area contributed by atoms with E-state index in [4.69, 9.17) is 5.11 Å². The molecule has 10 heavy (non-hydrogen) atoms. The van der Waals surface area contributed by atoms with Crippen LogP contribution in [0.2, 0.25) is 0 Å². The Morgan fingerprint density at radius 3 is 2.60 bits per heavy atom. The molecule has 1 heterocycles. The highest BCUT2D eigenvalue weighted by Crippen LogP contribution is 2.23. The molecule has 2 N–H and O–H groups in total. The zero-order valence-electron chi connectivity index (χ0n) is 6.39. The molecular weight excluding hydrogens is 150 g/mol. The van der Waals surface area contributed by atoms with Crippen molar-refractivity contribution in [3.63, 3.8) is 0 Å². The standard InChI is InChI=1S/C7H15NO.ClH/c1-7(6-9)3-2-4-8-5-7;/h8-9H,2-6H2,1H3;1H. The van der Waals surface area contributed by atoms with Gasteiger partial charge in [-0.15, -0.1) is 12.4 Å².